The van der Waals surface area contributed by atoms with Gasteiger partial charge in [0.2, 0.25) is 5.95 Å². The molecule has 5 rings (SSSR count). The first kappa shape index (κ1) is 22.8. The number of hydrogen-bond acceptors (Lipinski definition) is 6. The van der Waals surface area contributed by atoms with Gasteiger partial charge in [-0.1, -0.05) is 23.7 Å². The van der Waals surface area contributed by atoms with Crippen molar-refractivity contribution in [3.8, 4) is 22.4 Å². The summed E-state index contributed by atoms with van der Waals surface area (Å²) < 4.78 is 5.40. The summed E-state index contributed by atoms with van der Waals surface area (Å²) in [5.41, 5.74) is 4.79. The molecule has 0 saturated carbocycles. The number of rotatable bonds is 5. The second-order valence-electron chi connectivity index (χ2n) is 7.93. The Bertz CT molecular complexity index is 1310. The molecule has 3 heterocycles. The van der Waals surface area contributed by atoms with Gasteiger partial charge in [0.15, 0.2) is 0 Å². The van der Waals surface area contributed by atoms with E-state index in [0.29, 0.717) is 35.6 Å². The van der Waals surface area contributed by atoms with Crippen LogP contribution in [0.25, 0.3) is 22.4 Å². The summed E-state index contributed by atoms with van der Waals surface area (Å²) in [6, 6.07) is 18.1. The molecule has 0 radical (unpaired) electrons. The van der Waals surface area contributed by atoms with Gasteiger partial charge in [0.1, 0.15) is 0 Å². The van der Waals surface area contributed by atoms with E-state index in [1.54, 1.807) is 30.7 Å². The number of anilines is 3. The molecule has 1 aliphatic rings. The maximum absolute atomic E-state index is 12.6. The lowest BCUT2D eigenvalue weighted by molar-refractivity contribution is 0.122. The summed E-state index contributed by atoms with van der Waals surface area (Å²) >= 11 is 6.35. The van der Waals surface area contributed by atoms with Crippen LogP contribution in [0.5, 0.6) is 0 Å². The summed E-state index contributed by atoms with van der Waals surface area (Å²) in [5.74, 6) is 0.696. The Morgan fingerprint density at radius 2 is 1.57 bits per heavy atom. The highest BCUT2D eigenvalue weighted by molar-refractivity contribution is 6.33. The number of carbonyl (C=O) groups is 1. The highest BCUT2D eigenvalue weighted by Gasteiger charge is 2.14. The average Bonchev–Trinajstić information content (AvgIpc) is 2.91. The Balaban J connectivity index is 1.24. The summed E-state index contributed by atoms with van der Waals surface area (Å²) in [6.45, 7) is 2.91. The van der Waals surface area contributed by atoms with Crippen molar-refractivity contribution in [2.45, 2.75) is 0 Å². The highest BCUT2D eigenvalue weighted by Crippen LogP contribution is 2.30. The van der Waals surface area contributed by atoms with Crippen LogP contribution in [0.2, 0.25) is 5.02 Å². The molecular formula is C26H23ClN6O2. The molecule has 8 nitrogen and oxygen atoms in total. The van der Waals surface area contributed by atoms with Crippen molar-refractivity contribution in [3.05, 3.63) is 84.3 Å². The van der Waals surface area contributed by atoms with Crippen molar-refractivity contribution in [2.75, 3.05) is 41.8 Å². The van der Waals surface area contributed by atoms with Crippen LogP contribution in [0.1, 0.15) is 0 Å². The quantitative estimate of drug-likeness (QED) is 0.395. The number of halogens is 1. The number of aromatic nitrogens is 3. The molecule has 0 unspecified atom stereocenters. The zero-order valence-corrected chi connectivity index (χ0v) is 19.6. The molecule has 0 bridgehead atoms. The topological polar surface area (TPSA) is 92.3 Å². The number of hydrogen-bond donors (Lipinski definition) is 2. The molecule has 1 saturated heterocycles. The number of pyridine rings is 1. The zero-order valence-electron chi connectivity index (χ0n) is 18.8. The van der Waals surface area contributed by atoms with Crippen LogP contribution in [0.15, 0.2) is 79.3 Å². The van der Waals surface area contributed by atoms with E-state index in [-0.39, 0.29) is 6.03 Å². The van der Waals surface area contributed by atoms with Crippen LogP contribution in [-0.2, 0) is 4.74 Å². The standard InChI is InChI=1S/C26H23ClN6O2/c27-23-6-5-21(17-22(23)18-7-10-28-11-8-18)31-26(34)30-20-3-1-19(2-4-20)24-9-12-29-25(32-24)33-13-15-35-16-14-33/h1-12,17H,13-16H2,(H2,30,31,34). The molecule has 4 aromatic rings. The van der Waals surface area contributed by atoms with Gasteiger partial charge in [0.05, 0.1) is 18.9 Å². The van der Waals surface area contributed by atoms with Gasteiger partial charge in [-0.2, -0.15) is 0 Å². The molecule has 2 aromatic carbocycles. The summed E-state index contributed by atoms with van der Waals surface area (Å²) in [7, 11) is 0. The van der Waals surface area contributed by atoms with Crippen molar-refractivity contribution < 1.29 is 9.53 Å². The number of ether oxygens (including phenoxy) is 1. The average molecular weight is 487 g/mol. The van der Waals surface area contributed by atoms with Crippen molar-refractivity contribution in [1.29, 1.82) is 0 Å². The molecule has 2 N–H and O–H groups in total. The minimum Gasteiger partial charge on any atom is -0.378 e. The molecule has 0 spiro atoms. The van der Waals surface area contributed by atoms with E-state index in [2.05, 4.69) is 25.5 Å². The fourth-order valence-corrected chi connectivity index (χ4v) is 4.03. The number of amides is 2. The third-order valence-corrected chi connectivity index (χ3v) is 5.92. The van der Waals surface area contributed by atoms with Crippen LogP contribution >= 0.6 is 11.6 Å². The van der Waals surface area contributed by atoms with Crippen LogP contribution in [0, 0.1) is 0 Å². The SMILES string of the molecule is O=C(Nc1ccc(-c2ccnc(N3CCOCC3)n2)cc1)Nc1ccc(Cl)c(-c2ccncc2)c1. The lowest BCUT2D eigenvalue weighted by atomic mass is 10.1. The van der Waals surface area contributed by atoms with Gasteiger partial charge in [-0.3, -0.25) is 4.98 Å². The largest absolute Gasteiger partial charge is 0.378 e. The van der Waals surface area contributed by atoms with Crippen LogP contribution in [-0.4, -0.2) is 47.3 Å². The van der Waals surface area contributed by atoms with E-state index in [4.69, 9.17) is 21.3 Å². The zero-order chi connectivity index (χ0) is 24.0. The number of carbonyl (C=O) groups excluding carboxylic acids is 1. The van der Waals surface area contributed by atoms with E-state index in [9.17, 15) is 4.79 Å². The Morgan fingerprint density at radius 3 is 2.34 bits per heavy atom. The first-order chi connectivity index (χ1) is 17.2. The molecule has 9 heteroatoms. The summed E-state index contributed by atoms with van der Waals surface area (Å²) in [5, 5.41) is 6.31. The van der Waals surface area contributed by atoms with Crippen molar-refractivity contribution in [3.63, 3.8) is 0 Å². The van der Waals surface area contributed by atoms with Gasteiger partial charge in [-0.15, -0.1) is 0 Å². The molecule has 0 atom stereocenters. The second-order valence-corrected chi connectivity index (χ2v) is 8.34. The van der Waals surface area contributed by atoms with E-state index >= 15 is 0 Å². The fraction of sp³-hybridized carbons (Fsp3) is 0.154. The number of benzene rings is 2. The smallest absolute Gasteiger partial charge is 0.323 e. The van der Waals surface area contributed by atoms with E-state index in [1.165, 1.54) is 0 Å². The van der Waals surface area contributed by atoms with Gasteiger partial charge in [0.25, 0.3) is 0 Å². The van der Waals surface area contributed by atoms with Gasteiger partial charge >= 0.3 is 6.03 Å². The molecule has 2 aromatic heterocycles. The Morgan fingerprint density at radius 1 is 0.857 bits per heavy atom. The number of morpholine rings is 1. The van der Waals surface area contributed by atoms with Crippen molar-refractivity contribution in [1.82, 2.24) is 15.0 Å². The lowest BCUT2D eigenvalue weighted by Crippen LogP contribution is -2.37. The lowest BCUT2D eigenvalue weighted by Gasteiger charge is -2.26. The predicted octanol–water partition coefficient (Wildman–Crippen LogP) is 5.34. The van der Waals surface area contributed by atoms with E-state index in [0.717, 1.165) is 35.5 Å². The third kappa shape index (κ3) is 5.56. The fourth-order valence-electron chi connectivity index (χ4n) is 3.80. The minimum atomic E-state index is -0.350. The maximum atomic E-state index is 12.6. The molecule has 176 valence electrons. The van der Waals surface area contributed by atoms with Crippen molar-refractivity contribution >= 4 is 35.0 Å². The Hall–Kier alpha value is -4.01. The van der Waals surface area contributed by atoms with Gasteiger partial charge in [-0.05, 0) is 54.1 Å². The minimum absolute atomic E-state index is 0.350. The molecule has 35 heavy (non-hydrogen) atoms. The predicted molar refractivity (Wildman–Crippen MR) is 138 cm³/mol. The molecule has 1 aliphatic heterocycles. The van der Waals surface area contributed by atoms with Crippen LogP contribution in [0.4, 0.5) is 22.1 Å². The normalized spacial score (nSPS) is 13.3. The van der Waals surface area contributed by atoms with Crippen LogP contribution < -0.4 is 15.5 Å². The maximum Gasteiger partial charge on any atom is 0.323 e. The van der Waals surface area contributed by atoms with Gasteiger partial charge < -0.3 is 20.3 Å². The first-order valence-corrected chi connectivity index (χ1v) is 11.6. The van der Waals surface area contributed by atoms with E-state index < -0.39 is 0 Å². The number of nitrogens with one attached hydrogen (secondary N) is 2. The van der Waals surface area contributed by atoms with Gasteiger partial charge in [0, 0.05) is 59.2 Å². The number of nitrogens with zero attached hydrogens (tertiary/aromatic N) is 4. The summed E-state index contributed by atoms with van der Waals surface area (Å²) in [4.78, 5) is 27.8. The van der Waals surface area contributed by atoms with E-state index in [1.807, 2.05) is 48.5 Å². The molecular weight excluding hydrogens is 464 g/mol. The first-order valence-electron chi connectivity index (χ1n) is 11.2. The van der Waals surface area contributed by atoms with Gasteiger partial charge in [-0.25, -0.2) is 14.8 Å². The number of urea groups is 1. The third-order valence-electron chi connectivity index (χ3n) is 5.59. The Kier molecular flexibility index (Phi) is 6.83. The molecule has 2 amide bonds. The molecule has 0 aliphatic carbocycles. The van der Waals surface area contributed by atoms with Crippen molar-refractivity contribution in [2.24, 2.45) is 0 Å². The van der Waals surface area contributed by atoms with Crippen LogP contribution in [0.3, 0.4) is 0 Å². The molecule has 1 fully saturated rings. The highest BCUT2D eigenvalue weighted by atomic mass is 35.5. The Labute approximate surface area is 208 Å². The second kappa shape index (κ2) is 10.5. The monoisotopic (exact) mass is 486 g/mol. The summed E-state index contributed by atoms with van der Waals surface area (Å²) in [6.07, 6.45) is 5.17.